The van der Waals surface area contributed by atoms with Gasteiger partial charge in [-0.1, -0.05) is 58.3 Å². The molecule has 4 N–H and O–H groups in total. The molecule has 0 radical (unpaired) electrons. The lowest BCUT2D eigenvalue weighted by Gasteiger charge is -2.27. The molecule has 12 heteroatoms. The lowest BCUT2D eigenvalue weighted by atomic mass is 9.87. The van der Waals surface area contributed by atoms with E-state index < -0.39 is 35.2 Å². The number of fused-ring (bicyclic) bond motifs is 1. The van der Waals surface area contributed by atoms with Crippen molar-refractivity contribution in [2.24, 2.45) is 17.6 Å². The van der Waals surface area contributed by atoms with Gasteiger partial charge in [0.05, 0.1) is 30.9 Å². The highest BCUT2D eigenvalue weighted by molar-refractivity contribution is 5.95. The number of anilines is 1. The monoisotopic (exact) mass is 696 g/mol. The van der Waals surface area contributed by atoms with Gasteiger partial charge < -0.3 is 30.4 Å². The van der Waals surface area contributed by atoms with Crippen LogP contribution < -0.4 is 15.8 Å². The fraction of sp³-hybridized carbons (Fsp3) is 0.568. The Labute approximate surface area is 287 Å². The highest BCUT2D eigenvalue weighted by atomic mass is 19.4. The molecular formula is C37H52F4N2O6. The first-order valence-electron chi connectivity index (χ1n) is 17.0. The number of aliphatic hydroxyl groups is 1. The van der Waals surface area contributed by atoms with Crippen LogP contribution in [0.5, 0.6) is 5.75 Å². The van der Waals surface area contributed by atoms with Crippen LogP contribution in [0, 0.1) is 17.7 Å². The molecule has 274 valence electrons. The van der Waals surface area contributed by atoms with E-state index in [1.165, 1.54) is 45.6 Å². The van der Waals surface area contributed by atoms with E-state index in [1.54, 1.807) is 23.8 Å². The van der Waals surface area contributed by atoms with Crippen LogP contribution in [0.15, 0.2) is 48.0 Å². The summed E-state index contributed by atoms with van der Waals surface area (Å²) in [6, 6.07) is 7.10. The molecule has 2 saturated heterocycles. The van der Waals surface area contributed by atoms with Crippen LogP contribution >= 0.6 is 0 Å². The molecule has 2 aromatic carbocycles. The maximum absolute atomic E-state index is 12.7. The molecule has 3 fully saturated rings. The van der Waals surface area contributed by atoms with E-state index in [4.69, 9.17) is 19.9 Å². The average molecular weight is 697 g/mol. The summed E-state index contributed by atoms with van der Waals surface area (Å²) >= 11 is 0. The molecule has 0 aromatic heterocycles. The number of methoxy groups -OCH3 is 1. The molecule has 0 unspecified atom stereocenters. The van der Waals surface area contributed by atoms with E-state index in [9.17, 15) is 32.3 Å². The summed E-state index contributed by atoms with van der Waals surface area (Å²) in [6.45, 7) is 11.7. The number of alkyl halides is 3. The molecule has 2 aliphatic heterocycles. The Kier molecular flexibility index (Phi) is 16.7. The molecule has 0 spiro atoms. The molecular weight excluding hydrogens is 644 g/mol. The van der Waals surface area contributed by atoms with Crippen LogP contribution in [-0.2, 0) is 26.0 Å². The molecule has 49 heavy (non-hydrogen) atoms. The van der Waals surface area contributed by atoms with Crippen LogP contribution in [0.1, 0.15) is 101 Å². The predicted molar refractivity (Wildman–Crippen MR) is 182 cm³/mol. The summed E-state index contributed by atoms with van der Waals surface area (Å²) < 4.78 is 65.3. The summed E-state index contributed by atoms with van der Waals surface area (Å²) in [7, 11) is 1.46. The lowest BCUT2D eigenvalue weighted by Crippen LogP contribution is -2.40. The Bertz CT molecular complexity index is 1380. The van der Waals surface area contributed by atoms with Gasteiger partial charge in [-0.25, -0.2) is 4.39 Å². The summed E-state index contributed by atoms with van der Waals surface area (Å²) in [5.74, 6) is 0.253. The minimum Gasteiger partial charge on any atom is -0.496 e. The second-order valence-electron chi connectivity index (χ2n) is 12.1. The van der Waals surface area contributed by atoms with Gasteiger partial charge in [0.15, 0.2) is 0 Å². The first kappa shape index (κ1) is 41.7. The zero-order valence-electron chi connectivity index (χ0n) is 29.4. The van der Waals surface area contributed by atoms with Crippen molar-refractivity contribution in [2.45, 2.75) is 104 Å². The molecule has 5 rings (SSSR count). The van der Waals surface area contributed by atoms with Gasteiger partial charge in [0.2, 0.25) is 6.41 Å². The van der Waals surface area contributed by atoms with Gasteiger partial charge in [0, 0.05) is 12.3 Å². The second kappa shape index (κ2) is 19.6. The molecule has 2 aromatic rings. The normalized spacial score (nSPS) is 21.3. The highest BCUT2D eigenvalue weighted by Crippen LogP contribution is 2.42. The zero-order valence-corrected chi connectivity index (χ0v) is 29.4. The molecule has 1 aliphatic carbocycles. The van der Waals surface area contributed by atoms with Gasteiger partial charge in [-0.05, 0) is 86.8 Å². The Hall–Kier alpha value is -3.48. The highest BCUT2D eigenvalue weighted by Gasteiger charge is 2.53. The number of carbonyl (C=O) groups excluding carboxylic acids is 2. The van der Waals surface area contributed by atoms with Crippen molar-refractivity contribution in [1.29, 1.82) is 0 Å². The number of rotatable bonds is 11. The summed E-state index contributed by atoms with van der Waals surface area (Å²) in [5.41, 5.74) is 5.06. The smallest absolute Gasteiger partial charge is 0.419 e. The number of hydrogen-bond donors (Lipinski definition) is 3. The van der Waals surface area contributed by atoms with Gasteiger partial charge in [0.25, 0.3) is 5.91 Å². The summed E-state index contributed by atoms with van der Waals surface area (Å²) in [5, 5.41) is 12.9. The maximum Gasteiger partial charge on any atom is 0.419 e. The Morgan fingerprint density at radius 3 is 2.29 bits per heavy atom. The van der Waals surface area contributed by atoms with Gasteiger partial charge in [-0.15, -0.1) is 0 Å². The molecule has 1 saturated carbocycles. The quantitative estimate of drug-likeness (QED) is 0.124. The molecule has 2 amide bonds. The number of nitrogens with one attached hydrogen (secondary N) is 1. The van der Waals surface area contributed by atoms with Crippen molar-refractivity contribution in [2.75, 3.05) is 25.6 Å². The van der Waals surface area contributed by atoms with Crippen molar-refractivity contribution in [3.63, 3.8) is 0 Å². The molecule has 2 heterocycles. The van der Waals surface area contributed by atoms with Crippen LogP contribution in [0.25, 0.3) is 0 Å². The van der Waals surface area contributed by atoms with Gasteiger partial charge >= 0.3 is 6.18 Å². The van der Waals surface area contributed by atoms with Crippen molar-refractivity contribution in [3.05, 3.63) is 70.6 Å². The molecule has 0 bridgehead atoms. The standard InChI is InChI=1S/C14H17NO5.C13H24.C8H5F4NO.C2H6/c1-18-10-3-2-8(6-9(10)13(15)16)14(17)7-20-11-4-5-19-12(11)14;1-4-6-13(7-5-2)11(3)10-12-8-9-12;9-7-2-1-5(13-4-14)3-6(7)8(10,11)12;1-2/h2-3,6,11-12,17H,4-5,7H2,1H3,(H2,15,16);10,12-13H,4-9H2,1-3H3;1-4H,(H,13,14);1-2H3/b;11-10-;;/t11-,12+,14+;;;/m1.../s1. The average Bonchev–Trinajstić information content (AvgIpc) is 3.65. The third-order valence-electron chi connectivity index (χ3n) is 8.53. The van der Waals surface area contributed by atoms with E-state index in [0.29, 0.717) is 30.1 Å². The number of hydrogen-bond acceptors (Lipinski definition) is 6. The topological polar surface area (TPSA) is 120 Å². The number of nitrogens with two attached hydrogens (primary N) is 1. The number of ether oxygens (including phenoxy) is 3. The predicted octanol–water partition coefficient (Wildman–Crippen LogP) is 8.17. The van der Waals surface area contributed by atoms with E-state index in [1.807, 2.05) is 19.2 Å². The van der Waals surface area contributed by atoms with Crippen LogP contribution in [0.2, 0.25) is 0 Å². The Balaban J connectivity index is 0.000000257. The summed E-state index contributed by atoms with van der Waals surface area (Å²) in [6.07, 6.45) is 6.60. The SMILES string of the molecule is CC.CCCC(CCC)/C(C)=C\C1CC1.COc1ccc([C@@]2(O)CO[C@@H]3CCO[C@@H]32)cc1C(N)=O.O=CNc1ccc(F)c(C(F)(F)F)c1. The summed E-state index contributed by atoms with van der Waals surface area (Å²) in [4.78, 5) is 21.4. The van der Waals surface area contributed by atoms with E-state index in [-0.39, 0.29) is 30.4 Å². The van der Waals surface area contributed by atoms with Crippen molar-refractivity contribution < 1.29 is 46.5 Å². The first-order chi connectivity index (χ1) is 23.3. The third kappa shape index (κ3) is 11.8. The number of carbonyl (C=O) groups is 2. The van der Waals surface area contributed by atoms with Gasteiger partial charge in [0.1, 0.15) is 23.3 Å². The van der Waals surface area contributed by atoms with Crippen LogP contribution in [0.3, 0.4) is 0 Å². The fourth-order valence-corrected chi connectivity index (χ4v) is 5.89. The van der Waals surface area contributed by atoms with Gasteiger partial charge in [-0.3, -0.25) is 9.59 Å². The number of allylic oxidation sites excluding steroid dienone is 2. The molecule has 3 atom stereocenters. The van der Waals surface area contributed by atoms with E-state index in [2.05, 4.69) is 26.8 Å². The minimum atomic E-state index is -4.76. The van der Waals surface area contributed by atoms with Gasteiger partial charge in [-0.2, -0.15) is 13.2 Å². The minimum absolute atomic E-state index is 0.0980. The van der Waals surface area contributed by atoms with E-state index >= 15 is 0 Å². The zero-order chi connectivity index (χ0) is 36.8. The van der Waals surface area contributed by atoms with Crippen LogP contribution in [0.4, 0.5) is 23.2 Å². The third-order valence-corrected chi connectivity index (χ3v) is 8.53. The lowest BCUT2D eigenvalue weighted by molar-refractivity contribution is -0.140. The van der Waals surface area contributed by atoms with Crippen molar-refractivity contribution in [3.8, 4) is 5.75 Å². The first-order valence-corrected chi connectivity index (χ1v) is 17.0. The number of halogens is 4. The molecule has 8 nitrogen and oxygen atoms in total. The Morgan fingerprint density at radius 1 is 1.10 bits per heavy atom. The van der Waals surface area contributed by atoms with E-state index in [0.717, 1.165) is 24.3 Å². The van der Waals surface area contributed by atoms with Crippen LogP contribution in [-0.4, -0.2) is 50.0 Å². The largest absolute Gasteiger partial charge is 0.496 e. The second-order valence-corrected chi connectivity index (χ2v) is 12.1. The fourth-order valence-electron chi connectivity index (χ4n) is 5.89. The van der Waals surface area contributed by atoms with Crippen molar-refractivity contribution in [1.82, 2.24) is 0 Å². The molecule has 3 aliphatic rings. The maximum atomic E-state index is 12.7. The Morgan fingerprint density at radius 2 is 1.76 bits per heavy atom. The van der Waals surface area contributed by atoms with Crippen molar-refractivity contribution >= 4 is 18.0 Å². The number of amides is 2. The number of benzene rings is 2. The number of primary amides is 1.